The summed E-state index contributed by atoms with van der Waals surface area (Å²) in [5, 5.41) is 13.7. The molecule has 2 N–H and O–H groups in total. The number of nitrogens with one attached hydrogen (secondary N) is 2. The van der Waals surface area contributed by atoms with Crippen LogP contribution in [0.1, 0.15) is 22.5 Å². The second-order valence-corrected chi connectivity index (χ2v) is 4.50. The highest BCUT2D eigenvalue weighted by Crippen LogP contribution is 2.02. The summed E-state index contributed by atoms with van der Waals surface area (Å²) >= 11 is 0. The van der Waals surface area contributed by atoms with Crippen molar-refractivity contribution in [3.05, 3.63) is 47.8 Å². The molecular weight excluding hydrogens is 254 g/mol. The van der Waals surface area contributed by atoms with Gasteiger partial charge in [-0.1, -0.05) is 35.5 Å². The van der Waals surface area contributed by atoms with Crippen molar-refractivity contribution in [2.45, 2.75) is 13.0 Å². The number of aromatic nitrogens is 3. The molecule has 1 heterocycles. The van der Waals surface area contributed by atoms with Crippen molar-refractivity contribution in [1.82, 2.24) is 25.6 Å². The van der Waals surface area contributed by atoms with Gasteiger partial charge in [0.25, 0.3) is 5.91 Å². The highest BCUT2D eigenvalue weighted by Gasteiger charge is 2.09. The summed E-state index contributed by atoms with van der Waals surface area (Å²) in [6, 6.07) is 9.94. The number of carbonyl (C=O) groups is 1. The molecule has 2 aromatic rings. The van der Waals surface area contributed by atoms with Gasteiger partial charge in [-0.15, -0.1) is 5.10 Å². The van der Waals surface area contributed by atoms with E-state index in [1.54, 1.807) is 10.9 Å². The zero-order valence-electron chi connectivity index (χ0n) is 11.5. The molecule has 6 nitrogen and oxygen atoms in total. The van der Waals surface area contributed by atoms with Gasteiger partial charge in [0.2, 0.25) is 0 Å². The Bertz CT molecular complexity index is 538. The minimum Gasteiger partial charge on any atom is -0.351 e. The van der Waals surface area contributed by atoms with E-state index in [0.29, 0.717) is 18.8 Å². The third-order valence-corrected chi connectivity index (χ3v) is 2.85. The zero-order chi connectivity index (χ0) is 14.2. The van der Waals surface area contributed by atoms with E-state index in [1.807, 2.05) is 37.4 Å². The number of hydrogen-bond donors (Lipinski definition) is 2. The number of carbonyl (C=O) groups excluding carboxylic acids is 1. The molecular formula is C14H19N5O. The van der Waals surface area contributed by atoms with Crippen LogP contribution in [0.3, 0.4) is 0 Å². The second kappa shape index (κ2) is 7.40. The van der Waals surface area contributed by atoms with Crippen molar-refractivity contribution in [2.75, 3.05) is 20.1 Å². The van der Waals surface area contributed by atoms with E-state index in [9.17, 15) is 4.79 Å². The van der Waals surface area contributed by atoms with Crippen molar-refractivity contribution < 1.29 is 4.79 Å². The molecule has 0 aliphatic carbocycles. The number of nitrogens with zero attached hydrogens (tertiary/aromatic N) is 3. The molecule has 0 saturated heterocycles. The maximum absolute atomic E-state index is 11.8. The van der Waals surface area contributed by atoms with Gasteiger partial charge in [-0.3, -0.25) is 4.79 Å². The molecule has 0 fully saturated rings. The summed E-state index contributed by atoms with van der Waals surface area (Å²) in [5.74, 6) is -0.180. The van der Waals surface area contributed by atoms with Crippen molar-refractivity contribution in [1.29, 1.82) is 0 Å². The second-order valence-electron chi connectivity index (χ2n) is 4.50. The van der Waals surface area contributed by atoms with E-state index in [4.69, 9.17) is 0 Å². The van der Waals surface area contributed by atoms with Crippen LogP contribution in [-0.4, -0.2) is 41.0 Å². The van der Waals surface area contributed by atoms with Crippen molar-refractivity contribution in [2.24, 2.45) is 0 Å². The lowest BCUT2D eigenvalue weighted by Gasteiger charge is -2.02. The number of rotatable bonds is 7. The zero-order valence-corrected chi connectivity index (χ0v) is 11.5. The van der Waals surface area contributed by atoms with Gasteiger partial charge in [-0.25, -0.2) is 4.68 Å². The maximum Gasteiger partial charge on any atom is 0.273 e. The molecule has 6 heteroatoms. The number of hydrogen-bond acceptors (Lipinski definition) is 4. The minimum absolute atomic E-state index is 0.180. The molecule has 2 rings (SSSR count). The van der Waals surface area contributed by atoms with Crippen molar-refractivity contribution >= 4 is 5.91 Å². The fraction of sp³-hybridized carbons (Fsp3) is 0.357. The average Bonchev–Trinajstić information content (AvgIpc) is 2.93. The van der Waals surface area contributed by atoms with Gasteiger partial charge in [-0.05, 0) is 25.6 Å². The lowest BCUT2D eigenvalue weighted by atomic mass is 10.2. The fourth-order valence-corrected chi connectivity index (χ4v) is 1.81. The third-order valence-electron chi connectivity index (χ3n) is 2.85. The van der Waals surface area contributed by atoms with E-state index in [0.717, 1.165) is 18.5 Å². The lowest BCUT2D eigenvalue weighted by Crippen LogP contribution is -2.26. The van der Waals surface area contributed by atoms with Crippen molar-refractivity contribution in [3.8, 4) is 0 Å². The molecule has 0 bridgehead atoms. The summed E-state index contributed by atoms with van der Waals surface area (Å²) in [6.07, 6.45) is 2.56. The van der Waals surface area contributed by atoms with Gasteiger partial charge in [0, 0.05) is 6.54 Å². The normalized spacial score (nSPS) is 10.4. The average molecular weight is 273 g/mol. The Labute approximate surface area is 118 Å². The minimum atomic E-state index is -0.180. The summed E-state index contributed by atoms with van der Waals surface area (Å²) in [7, 11) is 1.89. The Kier molecular flexibility index (Phi) is 5.25. The summed E-state index contributed by atoms with van der Waals surface area (Å²) in [4.78, 5) is 11.8. The molecule has 106 valence electrons. The lowest BCUT2D eigenvalue weighted by molar-refractivity contribution is 0.0948. The van der Waals surface area contributed by atoms with E-state index in [2.05, 4.69) is 20.9 Å². The van der Waals surface area contributed by atoms with E-state index in [1.165, 1.54) is 0 Å². The largest absolute Gasteiger partial charge is 0.351 e. The van der Waals surface area contributed by atoms with Crippen LogP contribution in [0, 0.1) is 0 Å². The molecule has 20 heavy (non-hydrogen) atoms. The fourth-order valence-electron chi connectivity index (χ4n) is 1.81. The standard InChI is InChI=1S/C14H19N5O/c1-15-8-5-9-16-14(20)13-11-19(18-17-13)10-12-6-3-2-4-7-12/h2-4,6-7,11,15H,5,8-10H2,1H3,(H,16,20). The Morgan fingerprint density at radius 3 is 2.80 bits per heavy atom. The molecule has 0 saturated carbocycles. The van der Waals surface area contributed by atoms with Crippen LogP contribution in [0.25, 0.3) is 0 Å². The van der Waals surface area contributed by atoms with Crippen LogP contribution < -0.4 is 10.6 Å². The van der Waals surface area contributed by atoms with Crippen LogP contribution in [0.2, 0.25) is 0 Å². The first-order valence-corrected chi connectivity index (χ1v) is 6.66. The number of amides is 1. The Balaban J connectivity index is 1.87. The molecule has 0 atom stereocenters. The van der Waals surface area contributed by atoms with Gasteiger partial charge < -0.3 is 10.6 Å². The summed E-state index contributed by atoms with van der Waals surface area (Å²) < 4.78 is 1.66. The van der Waals surface area contributed by atoms with Crippen LogP contribution in [0.4, 0.5) is 0 Å². The van der Waals surface area contributed by atoms with Gasteiger partial charge in [-0.2, -0.15) is 0 Å². The maximum atomic E-state index is 11.8. The molecule has 0 aliphatic heterocycles. The third kappa shape index (κ3) is 4.17. The van der Waals surface area contributed by atoms with Crippen LogP contribution in [-0.2, 0) is 6.54 Å². The monoisotopic (exact) mass is 273 g/mol. The SMILES string of the molecule is CNCCCNC(=O)c1cn(Cc2ccccc2)nn1. The molecule has 1 amide bonds. The van der Waals surface area contributed by atoms with Gasteiger partial charge >= 0.3 is 0 Å². The summed E-state index contributed by atoms with van der Waals surface area (Å²) in [5.41, 5.74) is 1.48. The Hall–Kier alpha value is -2.21. The van der Waals surface area contributed by atoms with E-state index in [-0.39, 0.29) is 5.91 Å². The predicted octanol–water partition coefficient (Wildman–Crippen LogP) is 0.666. The first kappa shape index (κ1) is 14.2. The molecule has 1 aromatic heterocycles. The molecule has 0 aliphatic rings. The Morgan fingerprint density at radius 1 is 1.25 bits per heavy atom. The van der Waals surface area contributed by atoms with Gasteiger partial charge in [0.05, 0.1) is 12.7 Å². The number of benzene rings is 1. The summed E-state index contributed by atoms with van der Waals surface area (Å²) in [6.45, 7) is 2.12. The van der Waals surface area contributed by atoms with Crippen LogP contribution in [0.5, 0.6) is 0 Å². The molecule has 0 unspecified atom stereocenters. The first-order chi connectivity index (χ1) is 9.79. The van der Waals surface area contributed by atoms with Crippen molar-refractivity contribution in [3.63, 3.8) is 0 Å². The van der Waals surface area contributed by atoms with Crippen LogP contribution in [0.15, 0.2) is 36.5 Å². The van der Waals surface area contributed by atoms with Gasteiger partial charge in [0.15, 0.2) is 5.69 Å². The first-order valence-electron chi connectivity index (χ1n) is 6.66. The molecule has 1 aromatic carbocycles. The molecule has 0 spiro atoms. The smallest absolute Gasteiger partial charge is 0.273 e. The van der Waals surface area contributed by atoms with Gasteiger partial charge in [0.1, 0.15) is 0 Å². The highest BCUT2D eigenvalue weighted by molar-refractivity contribution is 5.91. The highest BCUT2D eigenvalue weighted by atomic mass is 16.2. The van der Waals surface area contributed by atoms with E-state index < -0.39 is 0 Å². The van der Waals surface area contributed by atoms with E-state index >= 15 is 0 Å². The molecule has 0 radical (unpaired) electrons. The Morgan fingerprint density at radius 2 is 2.05 bits per heavy atom. The quantitative estimate of drug-likeness (QED) is 0.727. The predicted molar refractivity (Wildman–Crippen MR) is 76.4 cm³/mol. The topological polar surface area (TPSA) is 71.8 Å². The van der Waals surface area contributed by atoms with Crippen LogP contribution >= 0.6 is 0 Å².